The van der Waals surface area contributed by atoms with Crippen LogP contribution in [0.2, 0.25) is 0 Å². The van der Waals surface area contributed by atoms with E-state index in [1.807, 2.05) is 0 Å². The smallest absolute Gasteiger partial charge is 0.0547 e. The van der Waals surface area contributed by atoms with Gasteiger partial charge in [-0.25, -0.2) is 0 Å². The predicted molar refractivity (Wildman–Crippen MR) is 228 cm³/mol. The molecule has 0 saturated heterocycles. The van der Waals surface area contributed by atoms with Gasteiger partial charge in [-0.15, -0.1) is 0 Å². The minimum Gasteiger partial charge on any atom is -0.309 e. The normalized spacial score (nSPS) is 11.9. The van der Waals surface area contributed by atoms with Gasteiger partial charge in [0.05, 0.1) is 11.0 Å². The lowest BCUT2D eigenvalue weighted by atomic mass is 9.87. The molecule has 0 spiro atoms. The van der Waals surface area contributed by atoms with Crippen LogP contribution in [0, 0.1) is 0 Å². The maximum atomic E-state index is 2.43. The first-order chi connectivity index (χ1) is 26.2. The molecule has 11 rings (SSSR count). The second-order valence-electron chi connectivity index (χ2n) is 14.4. The Balaban J connectivity index is 1.06. The molecule has 0 N–H and O–H groups in total. The maximum Gasteiger partial charge on any atom is 0.0547 e. The monoisotopic (exact) mass is 673 g/mol. The lowest BCUT2D eigenvalue weighted by Gasteiger charge is -2.17. The van der Waals surface area contributed by atoms with Crippen LogP contribution in [-0.4, -0.2) is 4.57 Å². The molecule has 0 amide bonds. The number of para-hydroxylation sites is 1. The number of hydrogen-bond acceptors (Lipinski definition) is 0. The van der Waals surface area contributed by atoms with Gasteiger partial charge in [0.1, 0.15) is 0 Å². The summed E-state index contributed by atoms with van der Waals surface area (Å²) in [5, 5.41) is 12.9. The van der Waals surface area contributed by atoms with Crippen molar-refractivity contribution in [3.63, 3.8) is 0 Å². The van der Waals surface area contributed by atoms with E-state index in [1.165, 1.54) is 104 Å². The Hall–Kier alpha value is -6.70. The van der Waals surface area contributed by atoms with Crippen molar-refractivity contribution in [1.82, 2.24) is 4.57 Å². The molecule has 0 saturated carbocycles. The second-order valence-corrected chi connectivity index (χ2v) is 14.4. The Morgan fingerprint density at radius 3 is 1.58 bits per heavy atom. The molecule has 0 fully saturated rings. The van der Waals surface area contributed by atoms with Gasteiger partial charge < -0.3 is 4.57 Å². The van der Waals surface area contributed by atoms with Crippen LogP contribution < -0.4 is 0 Å². The Kier molecular flexibility index (Phi) is 6.60. The summed E-state index contributed by atoms with van der Waals surface area (Å²) in [4.78, 5) is 0. The van der Waals surface area contributed by atoms with Crippen molar-refractivity contribution in [3.8, 4) is 39.1 Å². The van der Waals surface area contributed by atoms with E-state index in [-0.39, 0.29) is 0 Å². The fourth-order valence-electron chi connectivity index (χ4n) is 8.91. The van der Waals surface area contributed by atoms with Gasteiger partial charge in [0, 0.05) is 16.5 Å². The molecule has 0 aliphatic heterocycles. The maximum absolute atomic E-state index is 2.43. The van der Waals surface area contributed by atoms with E-state index >= 15 is 0 Å². The lowest BCUT2D eigenvalue weighted by Crippen LogP contribution is -1.94. The third-order valence-corrected chi connectivity index (χ3v) is 11.5. The van der Waals surface area contributed by atoms with Gasteiger partial charge in [-0.05, 0) is 113 Å². The molecule has 1 heteroatoms. The molecule has 10 aromatic carbocycles. The van der Waals surface area contributed by atoms with Crippen LogP contribution in [0.1, 0.15) is 12.5 Å². The van der Waals surface area contributed by atoms with Crippen molar-refractivity contribution in [2.75, 3.05) is 0 Å². The molecule has 11 aromatic rings. The standard InChI is InChI=1S/C52H35N/c1-2-33-14-16-35(17-15-33)43-27-20-37-23-31-48-44(28-21-38-22-30-47(43)51(37)52(38)48)36-18-25-40(26-19-36)53-49-13-6-5-11-45(49)46-29-24-39(32-50(46)53)42-12-7-9-34-8-3-4-10-41(34)42/h3-32H,2H2,1H3. The third-order valence-electron chi connectivity index (χ3n) is 11.5. The second kappa shape index (κ2) is 11.7. The van der Waals surface area contributed by atoms with E-state index < -0.39 is 0 Å². The van der Waals surface area contributed by atoms with Gasteiger partial charge in [0.25, 0.3) is 0 Å². The number of hydrogen-bond donors (Lipinski definition) is 0. The highest BCUT2D eigenvalue weighted by Gasteiger charge is 2.17. The van der Waals surface area contributed by atoms with E-state index in [0.717, 1.165) is 12.1 Å². The summed E-state index contributed by atoms with van der Waals surface area (Å²) < 4.78 is 2.43. The average molecular weight is 674 g/mol. The van der Waals surface area contributed by atoms with E-state index in [9.17, 15) is 0 Å². The third kappa shape index (κ3) is 4.57. The zero-order chi connectivity index (χ0) is 35.0. The Morgan fingerprint density at radius 2 is 0.887 bits per heavy atom. The van der Waals surface area contributed by atoms with Crippen molar-refractivity contribution < 1.29 is 0 Å². The lowest BCUT2D eigenvalue weighted by molar-refractivity contribution is 1.14. The molecule has 0 aliphatic rings. The van der Waals surface area contributed by atoms with Gasteiger partial charge >= 0.3 is 0 Å². The van der Waals surface area contributed by atoms with Crippen molar-refractivity contribution in [3.05, 3.63) is 188 Å². The van der Waals surface area contributed by atoms with E-state index in [1.54, 1.807) is 0 Å². The number of rotatable bonds is 5. The van der Waals surface area contributed by atoms with Crippen molar-refractivity contribution >= 4 is 64.9 Å². The quantitative estimate of drug-likeness (QED) is 0.160. The van der Waals surface area contributed by atoms with Crippen LogP contribution in [0.4, 0.5) is 0 Å². The molecule has 0 bridgehead atoms. The molecule has 1 heterocycles. The minimum atomic E-state index is 1.05. The summed E-state index contributed by atoms with van der Waals surface area (Å²) in [6.07, 6.45) is 1.05. The summed E-state index contributed by atoms with van der Waals surface area (Å²) in [5.41, 5.74) is 12.5. The predicted octanol–water partition coefficient (Wildman–Crippen LogP) is 14.4. The summed E-state index contributed by atoms with van der Waals surface area (Å²) in [6.45, 7) is 2.21. The van der Waals surface area contributed by atoms with E-state index in [2.05, 4.69) is 193 Å². The Morgan fingerprint density at radius 1 is 0.358 bits per heavy atom. The topological polar surface area (TPSA) is 4.93 Å². The highest BCUT2D eigenvalue weighted by molar-refractivity contribution is 6.27. The first kappa shape index (κ1) is 30.0. The SMILES string of the molecule is CCc1ccc(-c2ccc3ccc4c(-c5ccc(-n6c7ccccc7c7ccc(-c8cccc9ccccc89)cc76)cc5)ccc5ccc2c3c54)cc1. The van der Waals surface area contributed by atoms with Gasteiger partial charge in [0.15, 0.2) is 0 Å². The fraction of sp³-hybridized carbons (Fsp3) is 0.0385. The van der Waals surface area contributed by atoms with Crippen LogP contribution in [0.15, 0.2) is 182 Å². The van der Waals surface area contributed by atoms with Crippen LogP contribution >= 0.6 is 0 Å². The molecule has 248 valence electrons. The first-order valence-corrected chi connectivity index (χ1v) is 18.7. The Bertz CT molecular complexity index is 3170. The average Bonchev–Trinajstić information content (AvgIpc) is 3.56. The van der Waals surface area contributed by atoms with Crippen molar-refractivity contribution in [1.29, 1.82) is 0 Å². The van der Waals surface area contributed by atoms with Gasteiger partial charge in [-0.2, -0.15) is 0 Å². The minimum absolute atomic E-state index is 1.05. The van der Waals surface area contributed by atoms with Crippen LogP contribution in [0.5, 0.6) is 0 Å². The number of benzene rings is 10. The molecular weight excluding hydrogens is 639 g/mol. The summed E-state index contributed by atoms with van der Waals surface area (Å²) in [5.74, 6) is 0. The van der Waals surface area contributed by atoms with Crippen LogP contribution in [-0.2, 0) is 6.42 Å². The highest BCUT2D eigenvalue weighted by Crippen LogP contribution is 2.43. The first-order valence-electron chi connectivity index (χ1n) is 18.7. The Labute approximate surface area is 308 Å². The van der Waals surface area contributed by atoms with E-state index in [0.29, 0.717) is 0 Å². The van der Waals surface area contributed by atoms with Crippen molar-refractivity contribution in [2.24, 2.45) is 0 Å². The molecule has 1 nitrogen and oxygen atoms in total. The molecule has 0 radical (unpaired) electrons. The van der Waals surface area contributed by atoms with Gasteiger partial charge in [-0.1, -0.05) is 165 Å². The summed E-state index contributed by atoms with van der Waals surface area (Å²) in [7, 11) is 0. The summed E-state index contributed by atoms with van der Waals surface area (Å²) in [6, 6.07) is 67.7. The summed E-state index contributed by atoms with van der Waals surface area (Å²) >= 11 is 0. The number of fused-ring (bicyclic) bond motifs is 4. The number of nitrogens with zero attached hydrogens (tertiary/aromatic N) is 1. The van der Waals surface area contributed by atoms with Crippen molar-refractivity contribution in [2.45, 2.75) is 13.3 Å². The molecular formula is C52H35N. The van der Waals surface area contributed by atoms with E-state index in [4.69, 9.17) is 0 Å². The molecule has 53 heavy (non-hydrogen) atoms. The highest BCUT2D eigenvalue weighted by atomic mass is 15.0. The van der Waals surface area contributed by atoms with Crippen LogP contribution in [0.25, 0.3) is 104 Å². The zero-order valence-electron chi connectivity index (χ0n) is 29.5. The van der Waals surface area contributed by atoms with Gasteiger partial charge in [-0.3, -0.25) is 0 Å². The molecule has 1 aromatic heterocycles. The zero-order valence-corrected chi connectivity index (χ0v) is 29.5. The van der Waals surface area contributed by atoms with Crippen LogP contribution in [0.3, 0.4) is 0 Å². The van der Waals surface area contributed by atoms with Gasteiger partial charge in [0.2, 0.25) is 0 Å². The molecule has 0 unspecified atom stereocenters. The number of aryl methyl sites for hydroxylation is 1. The molecule has 0 aliphatic carbocycles. The fourth-order valence-corrected chi connectivity index (χ4v) is 8.91. The largest absolute Gasteiger partial charge is 0.309 e. The molecule has 0 atom stereocenters. The number of aromatic nitrogens is 1.